The van der Waals surface area contributed by atoms with Gasteiger partial charge in [0.1, 0.15) is 5.75 Å². The molecule has 0 spiro atoms. The maximum Gasteiger partial charge on any atom is 0.280 e. The van der Waals surface area contributed by atoms with Gasteiger partial charge in [0, 0.05) is 16.9 Å². The van der Waals surface area contributed by atoms with Crippen LogP contribution in [0.2, 0.25) is 0 Å². The Bertz CT molecular complexity index is 405. The number of rotatable bonds is 3. The first-order valence-electron chi connectivity index (χ1n) is 5.48. The summed E-state index contributed by atoms with van der Waals surface area (Å²) in [5.74, 6) is -3.28. The lowest BCUT2D eigenvalue weighted by molar-refractivity contribution is -0.0592. The van der Waals surface area contributed by atoms with E-state index in [0.717, 1.165) is 0 Å². The van der Waals surface area contributed by atoms with Gasteiger partial charge in [0.25, 0.3) is 5.92 Å². The normalized spacial score (nSPS) is 20.6. The molecular formula is C12H14BrF2NO. The molecule has 1 aromatic carbocycles. The number of halogens is 3. The van der Waals surface area contributed by atoms with Crippen LogP contribution in [-0.4, -0.2) is 20.2 Å². The van der Waals surface area contributed by atoms with Crippen LogP contribution in [0.5, 0.6) is 5.75 Å². The fourth-order valence-corrected chi connectivity index (χ4v) is 2.49. The quantitative estimate of drug-likeness (QED) is 0.926. The summed E-state index contributed by atoms with van der Waals surface area (Å²) in [6, 6.07) is 4.71. The summed E-state index contributed by atoms with van der Waals surface area (Å²) >= 11 is 3.22. The lowest BCUT2D eigenvalue weighted by Gasteiger charge is -2.24. The van der Waals surface area contributed by atoms with Crippen molar-refractivity contribution in [1.82, 2.24) is 5.32 Å². The van der Waals surface area contributed by atoms with E-state index in [4.69, 9.17) is 4.74 Å². The van der Waals surface area contributed by atoms with Crippen molar-refractivity contribution >= 4 is 15.9 Å². The zero-order valence-electron chi connectivity index (χ0n) is 9.47. The van der Waals surface area contributed by atoms with Gasteiger partial charge >= 0.3 is 0 Å². The van der Waals surface area contributed by atoms with Crippen LogP contribution in [0, 0.1) is 5.92 Å². The summed E-state index contributed by atoms with van der Waals surface area (Å²) in [7, 11) is 1.41. The lowest BCUT2D eigenvalue weighted by Crippen LogP contribution is -2.28. The molecule has 1 N–H and O–H groups in total. The molecule has 0 aliphatic carbocycles. The summed E-state index contributed by atoms with van der Waals surface area (Å²) in [6.07, 6.45) is 0.489. The van der Waals surface area contributed by atoms with Crippen LogP contribution in [0.4, 0.5) is 8.78 Å². The number of nitrogens with one attached hydrogen (secondary N) is 1. The molecule has 17 heavy (non-hydrogen) atoms. The monoisotopic (exact) mass is 305 g/mol. The van der Waals surface area contributed by atoms with Crippen molar-refractivity contribution in [2.45, 2.75) is 12.3 Å². The van der Waals surface area contributed by atoms with Crippen LogP contribution in [-0.2, 0) is 5.92 Å². The molecule has 94 valence electrons. The highest BCUT2D eigenvalue weighted by Gasteiger charge is 2.44. The minimum Gasteiger partial charge on any atom is -0.496 e. The minimum absolute atomic E-state index is 0.0388. The number of benzene rings is 1. The van der Waals surface area contributed by atoms with Crippen LogP contribution in [0.1, 0.15) is 12.0 Å². The van der Waals surface area contributed by atoms with Crippen LogP contribution >= 0.6 is 15.9 Å². The number of hydrogen-bond donors (Lipinski definition) is 1. The Labute approximate surface area is 107 Å². The zero-order chi connectivity index (χ0) is 12.5. The average Bonchev–Trinajstić information content (AvgIpc) is 2.83. The third kappa shape index (κ3) is 2.45. The highest BCUT2D eigenvalue weighted by Crippen LogP contribution is 2.43. The first-order chi connectivity index (χ1) is 8.05. The molecule has 0 amide bonds. The molecule has 1 unspecified atom stereocenters. The Morgan fingerprint density at radius 1 is 1.47 bits per heavy atom. The molecule has 0 radical (unpaired) electrons. The van der Waals surface area contributed by atoms with E-state index in [1.165, 1.54) is 13.2 Å². The topological polar surface area (TPSA) is 21.3 Å². The van der Waals surface area contributed by atoms with Gasteiger partial charge < -0.3 is 10.1 Å². The van der Waals surface area contributed by atoms with Crippen LogP contribution in [0.15, 0.2) is 22.7 Å². The molecule has 1 aliphatic rings. The second-order valence-electron chi connectivity index (χ2n) is 4.16. The largest absolute Gasteiger partial charge is 0.496 e. The number of hydrogen-bond acceptors (Lipinski definition) is 2. The second-order valence-corrected chi connectivity index (χ2v) is 5.07. The van der Waals surface area contributed by atoms with Gasteiger partial charge in [-0.05, 0) is 31.2 Å². The predicted octanol–water partition coefficient (Wildman–Crippen LogP) is 3.16. The Balaban J connectivity index is 2.39. The van der Waals surface area contributed by atoms with E-state index >= 15 is 0 Å². The first-order valence-corrected chi connectivity index (χ1v) is 6.27. The predicted molar refractivity (Wildman–Crippen MR) is 65.6 cm³/mol. The Morgan fingerprint density at radius 3 is 2.82 bits per heavy atom. The number of alkyl halides is 2. The van der Waals surface area contributed by atoms with Crippen LogP contribution in [0.25, 0.3) is 0 Å². The minimum atomic E-state index is -2.86. The molecule has 2 rings (SSSR count). The molecule has 0 saturated carbocycles. The summed E-state index contributed by atoms with van der Waals surface area (Å²) in [5, 5.41) is 2.97. The molecule has 0 aromatic heterocycles. The third-order valence-electron chi connectivity index (χ3n) is 3.09. The highest BCUT2D eigenvalue weighted by atomic mass is 79.9. The Kier molecular flexibility index (Phi) is 3.68. The summed E-state index contributed by atoms with van der Waals surface area (Å²) in [6.45, 7) is 0.999. The van der Waals surface area contributed by atoms with Gasteiger partial charge in [0.2, 0.25) is 0 Å². The Hall–Kier alpha value is -0.680. The third-order valence-corrected chi connectivity index (χ3v) is 3.59. The summed E-state index contributed by atoms with van der Waals surface area (Å²) < 4.78 is 34.4. The van der Waals surface area contributed by atoms with Gasteiger partial charge in [-0.2, -0.15) is 0 Å². The average molecular weight is 306 g/mol. The molecule has 1 aromatic rings. The molecule has 1 heterocycles. The lowest BCUT2D eigenvalue weighted by atomic mass is 9.93. The van der Waals surface area contributed by atoms with Crippen molar-refractivity contribution in [2.24, 2.45) is 5.92 Å². The molecule has 5 heteroatoms. The van der Waals surface area contributed by atoms with Crippen molar-refractivity contribution in [3.63, 3.8) is 0 Å². The van der Waals surface area contributed by atoms with Gasteiger partial charge in [-0.15, -0.1) is 0 Å². The highest BCUT2D eigenvalue weighted by molar-refractivity contribution is 9.10. The zero-order valence-corrected chi connectivity index (χ0v) is 11.1. The van der Waals surface area contributed by atoms with E-state index in [1.54, 1.807) is 12.1 Å². The maximum atomic E-state index is 14.3. The Morgan fingerprint density at radius 2 is 2.24 bits per heavy atom. The molecule has 1 saturated heterocycles. The molecule has 1 fully saturated rings. The molecule has 1 aliphatic heterocycles. The fraction of sp³-hybridized carbons (Fsp3) is 0.500. The van der Waals surface area contributed by atoms with Crippen molar-refractivity contribution < 1.29 is 13.5 Å². The first kappa shape index (κ1) is 12.8. The van der Waals surface area contributed by atoms with Gasteiger partial charge in [-0.1, -0.05) is 15.9 Å². The van der Waals surface area contributed by atoms with Crippen molar-refractivity contribution in [2.75, 3.05) is 20.2 Å². The summed E-state index contributed by atoms with van der Waals surface area (Å²) in [4.78, 5) is 0. The summed E-state index contributed by atoms with van der Waals surface area (Å²) in [5.41, 5.74) is -0.0388. The SMILES string of the molecule is COc1ccc(Br)cc1C(F)(F)C1CCNC1. The molecule has 2 nitrogen and oxygen atoms in total. The van der Waals surface area contributed by atoms with Gasteiger partial charge in [0.05, 0.1) is 12.7 Å². The van der Waals surface area contributed by atoms with E-state index < -0.39 is 11.8 Å². The van der Waals surface area contributed by atoms with Crippen molar-refractivity contribution in [3.8, 4) is 5.75 Å². The molecular weight excluding hydrogens is 292 g/mol. The van der Waals surface area contributed by atoms with Crippen LogP contribution < -0.4 is 10.1 Å². The van der Waals surface area contributed by atoms with Gasteiger partial charge in [-0.3, -0.25) is 0 Å². The van der Waals surface area contributed by atoms with E-state index in [1.807, 2.05) is 0 Å². The van der Waals surface area contributed by atoms with E-state index in [0.29, 0.717) is 24.0 Å². The smallest absolute Gasteiger partial charge is 0.280 e. The van der Waals surface area contributed by atoms with Crippen molar-refractivity contribution in [1.29, 1.82) is 0 Å². The fourth-order valence-electron chi connectivity index (χ4n) is 2.12. The van der Waals surface area contributed by atoms with Gasteiger partial charge in [0.15, 0.2) is 0 Å². The number of ether oxygens (including phenoxy) is 1. The molecule has 0 bridgehead atoms. The standard InChI is InChI=1S/C12H14BrF2NO/c1-17-11-3-2-9(13)6-10(11)12(14,15)8-4-5-16-7-8/h2-3,6,8,16H,4-5,7H2,1H3. The maximum absolute atomic E-state index is 14.3. The molecule has 1 atom stereocenters. The van der Waals surface area contributed by atoms with Crippen molar-refractivity contribution in [3.05, 3.63) is 28.2 Å². The van der Waals surface area contributed by atoms with E-state index in [2.05, 4.69) is 21.2 Å². The second kappa shape index (κ2) is 4.90. The van der Waals surface area contributed by atoms with E-state index in [9.17, 15) is 8.78 Å². The van der Waals surface area contributed by atoms with E-state index in [-0.39, 0.29) is 11.3 Å². The number of methoxy groups -OCH3 is 1. The van der Waals surface area contributed by atoms with Crippen LogP contribution in [0.3, 0.4) is 0 Å². The van der Waals surface area contributed by atoms with Gasteiger partial charge in [-0.25, -0.2) is 8.78 Å².